The van der Waals surface area contributed by atoms with Gasteiger partial charge in [-0.05, 0) is 31.0 Å². The number of aliphatic hydroxyl groups excluding tert-OH is 1. The highest BCUT2D eigenvalue weighted by molar-refractivity contribution is 5.96. The highest BCUT2D eigenvalue weighted by Gasteiger charge is 2.22. The van der Waals surface area contributed by atoms with Crippen molar-refractivity contribution < 1.29 is 19.8 Å². The lowest BCUT2D eigenvalue weighted by atomic mass is 10.1. The summed E-state index contributed by atoms with van der Waals surface area (Å²) in [5.74, 6) is -1.33. The average molecular weight is 265 g/mol. The van der Waals surface area contributed by atoms with Crippen molar-refractivity contribution in [2.24, 2.45) is 0 Å². The highest BCUT2D eigenvalue weighted by Crippen LogP contribution is 2.12. The van der Waals surface area contributed by atoms with Crippen LogP contribution in [0.15, 0.2) is 24.3 Å². The topological polar surface area (TPSA) is 77.8 Å². The normalized spacial score (nSPS) is 11.9. The number of hydrogen-bond donors (Lipinski definition) is 2. The number of carbonyl (C=O) groups excluding carboxylic acids is 1. The van der Waals surface area contributed by atoms with E-state index >= 15 is 0 Å². The van der Waals surface area contributed by atoms with Crippen LogP contribution in [0, 0.1) is 0 Å². The van der Waals surface area contributed by atoms with E-state index in [1.54, 1.807) is 24.3 Å². The molecule has 5 heteroatoms. The van der Waals surface area contributed by atoms with Gasteiger partial charge in [-0.25, -0.2) is 0 Å². The molecule has 0 saturated carbocycles. The van der Waals surface area contributed by atoms with Crippen LogP contribution in [0.5, 0.6) is 0 Å². The molecule has 0 radical (unpaired) electrons. The summed E-state index contributed by atoms with van der Waals surface area (Å²) >= 11 is 0. The first-order chi connectivity index (χ1) is 8.99. The fraction of sp³-hybridized carbons (Fsp3) is 0.429. The highest BCUT2D eigenvalue weighted by atomic mass is 16.4. The Morgan fingerprint density at radius 1 is 1.26 bits per heavy atom. The van der Waals surface area contributed by atoms with Gasteiger partial charge in [0, 0.05) is 11.6 Å². The van der Waals surface area contributed by atoms with Gasteiger partial charge in [-0.15, -0.1) is 0 Å². The summed E-state index contributed by atoms with van der Waals surface area (Å²) in [6.45, 7) is 3.33. The van der Waals surface area contributed by atoms with Crippen molar-refractivity contribution in [3.8, 4) is 0 Å². The van der Waals surface area contributed by atoms with Crippen molar-refractivity contribution in [2.75, 3.05) is 6.54 Å². The number of carboxylic acids is 1. The molecular formula is C14H19NO4. The largest absolute Gasteiger partial charge is 0.480 e. The monoisotopic (exact) mass is 265 g/mol. The van der Waals surface area contributed by atoms with Gasteiger partial charge >= 0.3 is 5.97 Å². The summed E-state index contributed by atoms with van der Waals surface area (Å²) in [6, 6.07) is 6.38. The molecule has 0 saturated heterocycles. The van der Waals surface area contributed by atoms with Crippen molar-refractivity contribution in [1.82, 2.24) is 4.90 Å². The Hall–Kier alpha value is -1.88. The van der Waals surface area contributed by atoms with Gasteiger partial charge in [-0.3, -0.25) is 9.59 Å². The molecule has 1 aromatic rings. The third-order valence-electron chi connectivity index (χ3n) is 3.07. The van der Waals surface area contributed by atoms with Crippen molar-refractivity contribution in [2.45, 2.75) is 32.9 Å². The number of amides is 1. The second-order valence-corrected chi connectivity index (χ2v) is 4.44. The maximum absolute atomic E-state index is 12.3. The fourth-order valence-electron chi connectivity index (χ4n) is 1.71. The summed E-state index contributed by atoms with van der Waals surface area (Å²) in [6.07, 6.45) is 0.688. The Morgan fingerprint density at radius 2 is 1.84 bits per heavy atom. The average Bonchev–Trinajstić information content (AvgIpc) is 2.43. The van der Waals surface area contributed by atoms with Crippen LogP contribution < -0.4 is 0 Å². The number of rotatable bonds is 6. The second-order valence-electron chi connectivity index (χ2n) is 4.44. The summed E-state index contributed by atoms with van der Waals surface area (Å²) in [5, 5.41) is 17.8. The van der Waals surface area contributed by atoms with Crippen molar-refractivity contribution in [3.05, 3.63) is 35.4 Å². The van der Waals surface area contributed by atoms with E-state index in [0.717, 1.165) is 0 Å². The Morgan fingerprint density at radius 3 is 2.26 bits per heavy atom. The minimum atomic E-state index is -1.03. The van der Waals surface area contributed by atoms with Gasteiger partial charge in [0.15, 0.2) is 0 Å². The molecule has 0 bridgehead atoms. The molecule has 0 heterocycles. The molecule has 1 atom stereocenters. The standard InChI is InChI=1S/C14H19NO4/c1-3-10(2)15(8-13(17)18)14(19)12-6-4-11(9-16)5-7-12/h4-7,10,16H,3,8-9H2,1-2H3,(H,17,18). The van der Waals surface area contributed by atoms with Crippen LogP contribution in [0.1, 0.15) is 36.2 Å². The second kappa shape index (κ2) is 6.89. The summed E-state index contributed by atoms with van der Waals surface area (Å²) < 4.78 is 0. The van der Waals surface area contributed by atoms with Crippen LogP contribution in [-0.4, -0.2) is 39.6 Å². The molecular weight excluding hydrogens is 246 g/mol. The van der Waals surface area contributed by atoms with E-state index < -0.39 is 5.97 Å². The predicted molar refractivity (Wildman–Crippen MR) is 70.8 cm³/mol. The molecule has 2 N–H and O–H groups in total. The maximum Gasteiger partial charge on any atom is 0.323 e. The number of aliphatic carboxylic acids is 1. The third kappa shape index (κ3) is 4.06. The lowest BCUT2D eigenvalue weighted by molar-refractivity contribution is -0.138. The van der Waals surface area contributed by atoms with Gasteiger partial charge in [0.05, 0.1) is 6.61 Å². The SMILES string of the molecule is CCC(C)N(CC(=O)O)C(=O)c1ccc(CO)cc1. The molecule has 1 unspecified atom stereocenters. The number of benzene rings is 1. The third-order valence-corrected chi connectivity index (χ3v) is 3.07. The van der Waals surface area contributed by atoms with Crippen molar-refractivity contribution >= 4 is 11.9 Å². The molecule has 104 valence electrons. The first-order valence-corrected chi connectivity index (χ1v) is 6.22. The predicted octanol–water partition coefficient (Wildman–Crippen LogP) is 1.50. The number of aliphatic hydroxyl groups is 1. The van der Waals surface area contributed by atoms with Gasteiger partial charge < -0.3 is 15.1 Å². The molecule has 1 aromatic carbocycles. The maximum atomic E-state index is 12.3. The van der Waals surface area contributed by atoms with E-state index in [-0.39, 0.29) is 25.1 Å². The molecule has 1 amide bonds. The van der Waals surface area contributed by atoms with Crippen LogP contribution in [0.3, 0.4) is 0 Å². The van der Waals surface area contributed by atoms with Crippen LogP contribution in [-0.2, 0) is 11.4 Å². The number of carboxylic acid groups (broad SMARTS) is 1. The zero-order valence-electron chi connectivity index (χ0n) is 11.2. The lowest BCUT2D eigenvalue weighted by Crippen LogP contribution is -2.41. The van der Waals surface area contributed by atoms with Crippen LogP contribution in [0.4, 0.5) is 0 Å². The Kier molecular flexibility index (Phi) is 5.51. The van der Waals surface area contributed by atoms with Gasteiger partial charge in [-0.1, -0.05) is 19.1 Å². The lowest BCUT2D eigenvalue weighted by Gasteiger charge is -2.27. The van der Waals surface area contributed by atoms with Crippen molar-refractivity contribution in [3.63, 3.8) is 0 Å². The zero-order valence-corrected chi connectivity index (χ0v) is 11.2. The summed E-state index contributed by atoms with van der Waals surface area (Å²) in [7, 11) is 0. The van der Waals surface area contributed by atoms with E-state index in [0.29, 0.717) is 17.5 Å². The molecule has 19 heavy (non-hydrogen) atoms. The molecule has 0 aromatic heterocycles. The van der Waals surface area contributed by atoms with Gasteiger partial charge in [0.2, 0.25) is 0 Å². The molecule has 0 aliphatic carbocycles. The Bertz CT molecular complexity index is 441. The molecule has 0 aliphatic heterocycles. The molecule has 0 fully saturated rings. The molecule has 0 aliphatic rings. The number of carbonyl (C=O) groups is 2. The smallest absolute Gasteiger partial charge is 0.323 e. The van der Waals surface area contributed by atoms with E-state index in [1.807, 2.05) is 13.8 Å². The number of nitrogens with zero attached hydrogens (tertiary/aromatic N) is 1. The van der Waals surface area contributed by atoms with Crippen LogP contribution in [0.25, 0.3) is 0 Å². The van der Waals surface area contributed by atoms with E-state index in [2.05, 4.69) is 0 Å². The molecule has 1 rings (SSSR count). The first-order valence-electron chi connectivity index (χ1n) is 6.22. The van der Waals surface area contributed by atoms with Crippen LogP contribution in [0.2, 0.25) is 0 Å². The van der Waals surface area contributed by atoms with Gasteiger partial charge in [0.25, 0.3) is 5.91 Å². The molecule has 0 spiro atoms. The minimum Gasteiger partial charge on any atom is -0.480 e. The zero-order chi connectivity index (χ0) is 14.4. The van der Waals surface area contributed by atoms with E-state index in [9.17, 15) is 9.59 Å². The Labute approximate surface area is 112 Å². The van der Waals surface area contributed by atoms with Crippen LogP contribution >= 0.6 is 0 Å². The van der Waals surface area contributed by atoms with E-state index in [4.69, 9.17) is 10.2 Å². The minimum absolute atomic E-state index is 0.0846. The molecule has 5 nitrogen and oxygen atoms in total. The Balaban J connectivity index is 2.93. The van der Waals surface area contributed by atoms with Crippen molar-refractivity contribution in [1.29, 1.82) is 0 Å². The quantitative estimate of drug-likeness (QED) is 0.817. The number of hydrogen-bond acceptors (Lipinski definition) is 3. The summed E-state index contributed by atoms with van der Waals surface area (Å²) in [5.41, 5.74) is 1.14. The van der Waals surface area contributed by atoms with Gasteiger partial charge in [0.1, 0.15) is 6.54 Å². The fourth-order valence-corrected chi connectivity index (χ4v) is 1.71. The first kappa shape index (κ1) is 15.2. The van der Waals surface area contributed by atoms with Gasteiger partial charge in [-0.2, -0.15) is 0 Å². The summed E-state index contributed by atoms with van der Waals surface area (Å²) in [4.78, 5) is 24.5. The van der Waals surface area contributed by atoms with E-state index in [1.165, 1.54) is 4.90 Å².